The number of carbonyl (C=O) groups is 1. The zero-order valence-electron chi connectivity index (χ0n) is 11.9. The lowest BCUT2D eigenvalue weighted by molar-refractivity contribution is -0.134. The highest BCUT2D eigenvalue weighted by atomic mass is 16.2. The Balaban J connectivity index is 4.84. The summed E-state index contributed by atoms with van der Waals surface area (Å²) in [5, 5.41) is 3.12. The molecule has 0 spiro atoms. The highest BCUT2D eigenvalue weighted by Gasteiger charge is 2.42. The number of hydrogen-bond donors (Lipinski definition) is 2. The van der Waals surface area contributed by atoms with Crippen molar-refractivity contribution >= 4 is 5.91 Å². The molecule has 0 unspecified atom stereocenters. The van der Waals surface area contributed by atoms with Crippen molar-refractivity contribution in [3.63, 3.8) is 0 Å². The van der Waals surface area contributed by atoms with E-state index in [1.165, 1.54) is 0 Å². The Morgan fingerprint density at radius 2 is 1.44 bits per heavy atom. The topological polar surface area (TPSA) is 55.1 Å². The predicted octanol–water partition coefficient (Wildman–Crippen LogP) is 2.44. The average molecular weight is 228 g/mol. The van der Waals surface area contributed by atoms with E-state index < -0.39 is 11.0 Å². The van der Waals surface area contributed by atoms with Crippen LogP contribution in [-0.2, 0) is 4.79 Å². The van der Waals surface area contributed by atoms with Gasteiger partial charge in [-0.2, -0.15) is 0 Å². The average Bonchev–Trinajstić information content (AvgIpc) is 2.15. The minimum atomic E-state index is -0.571. The van der Waals surface area contributed by atoms with Gasteiger partial charge in [-0.1, -0.05) is 13.8 Å². The van der Waals surface area contributed by atoms with E-state index in [1.54, 1.807) is 0 Å². The molecule has 0 saturated heterocycles. The van der Waals surface area contributed by atoms with Gasteiger partial charge in [-0.3, -0.25) is 4.79 Å². The van der Waals surface area contributed by atoms with Gasteiger partial charge in [-0.05, 0) is 47.5 Å². The zero-order chi connectivity index (χ0) is 13.2. The summed E-state index contributed by atoms with van der Waals surface area (Å²) in [6.45, 7) is 13.8. The first-order valence-electron chi connectivity index (χ1n) is 6.11. The number of hydrogen-bond acceptors (Lipinski definition) is 2. The molecule has 0 aliphatic heterocycles. The van der Waals surface area contributed by atoms with Gasteiger partial charge in [0.25, 0.3) is 0 Å². The Morgan fingerprint density at radius 3 is 1.69 bits per heavy atom. The maximum atomic E-state index is 12.3. The molecule has 0 aromatic heterocycles. The molecule has 0 radical (unpaired) electrons. The summed E-state index contributed by atoms with van der Waals surface area (Å²) >= 11 is 0. The molecule has 0 bridgehead atoms. The van der Waals surface area contributed by atoms with Crippen molar-refractivity contribution < 1.29 is 4.79 Å². The standard InChI is InChI=1S/C13H28N2O/c1-8-13(7,9-2)15-10(16)11(3,4)12(5,6)14/h8-9,14H2,1-7H3,(H,15,16). The molecule has 0 aromatic carbocycles. The fourth-order valence-corrected chi connectivity index (χ4v) is 1.15. The molecule has 0 heterocycles. The highest BCUT2D eigenvalue weighted by molar-refractivity contribution is 5.83. The molecule has 0 saturated carbocycles. The third-order valence-corrected chi connectivity index (χ3v) is 4.15. The van der Waals surface area contributed by atoms with Gasteiger partial charge in [0, 0.05) is 11.1 Å². The molecule has 16 heavy (non-hydrogen) atoms. The third-order valence-electron chi connectivity index (χ3n) is 4.15. The summed E-state index contributed by atoms with van der Waals surface area (Å²) in [4.78, 5) is 12.3. The summed E-state index contributed by atoms with van der Waals surface area (Å²) in [5.41, 5.74) is 4.83. The van der Waals surface area contributed by atoms with E-state index in [0.717, 1.165) is 12.8 Å². The lowest BCUT2D eigenvalue weighted by atomic mass is 9.74. The Bertz CT molecular complexity index is 247. The maximum absolute atomic E-state index is 12.3. The van der Waals surface area contributed by atoms with Crippen LogP contribution in [0.3, 0.4) is 0 Å². The van der Waals surface area contributed by atoms with Gasteiger partial charge in [-0.25, -0.2) is 0 Å². The number of amides is 1. The van der Waals surface area contributed by atoms with E-state index in [1.807, 2.05) is 27.7 Å². The minimum Gasteiger partial charge on any atom is -0.350 e. The Labute approximate surface area is 100 Å². The summed E-state index contributed by atoms with van der Waals surface area (Å²) < 4.78 is 0. The van der Waals surface area contributed by atoms with Crippen molar-refractivity contribution in [3.05, 3.63) is 0 Å². The molecule has 3 heteroatoms. The van der Waals surface area contributed by atoms with Crippen molar-refractivity contribution in [3.8, 4) is 0 Å². The summed E-state index contributed by atoms with van der Waals surface area (Å²) in [6, 6.07) is 0. The van der Waals surface area contributed by atoms with Gasteiger partial charge in [-0.15, -0.1) is 0 Å². The fourth-order valence-electron chi connectivity index (χ4n) is 1.15. The van der Waals surface area contributed by atoms with E-state index in [0.29, 0.717) is 0 Å². The monoisotopic (exact) mass is 228 g/mol. The lowest BCUT2D eigenvalue weighted by Gasteiger charge is -2.40. The van der Waals surface area contributed by atoms with Gasteiger partial charge in [0.05, 0.1) is 5.41 Å². The van der Waals surface area contributed by atoms with E-state index in [2.05, 4.69) is 26.1 Å². The SMILES string of the molecule is CCC(C)(CC)NC(=O)C(C)(C)C(C)(C)N. The van der Waals surface area contributed by atoms with Gasteiger partial charge >= 0.3 is 0 Å². The number of nitrogens with one attached hydrogen (secondary N) is 1. The highest BCUT2D eigenvalue weighted by Crippen LogP contribution is 2.29. The van der Waals surface area contributed by atoms with Gasteiger partial charge in [0.1, 0.15) is 0 Å². The number of rotatable bonds is 5. The third kappa shape index (κ3) is 3.21. The Morgan fingerprint density at radius 1 is 1.06 bits per heavy atom. The molecule has 0 aliphatic rings. The van der Waals surface area contributed by atoms with Crippen molar-refractivity contribution in [2.45, 2.75) is 72.4 Å². The van der Waals surface area contributed by atoms with Crippen molar-refractivity contribution in [2.75, 3.05) is 0 Å². The Hall–Kier alpha value is -0.570. The zero-order valence-corrected chi connectivity index (χ0v) is 11.9. The van der Waals surface area contributed by atoms with Crippen LogP contribution in [0.25, 0.3) is 0 Å². The minimum absolute atomic E-state index is 0.0335. The van der Waals surface area contributed by atoms with Crippen LogP contribution in [0, 0.1) is 5.41 Å². The van der Waals surface area contributed by atoms with Gasteiger partial charge < -0.3 is 11.1 Å². The second kappa shape index (κ2) is 4.74. The van der Waals surface area contributed by atoms with Crippen molar-refractivity contribution in [2.24, 2.45) is 11.1 Å². The quantitative estimate of drug-likeness (QED) is 0.759. The van der Waals surface area contributed by atoms with Gasteiger partial charge in [0.2, 0.25) is 5.91 Å². The van der Waals surface area contributed by atoms with Crippen molar-refractivity contribution in [1.82, 2.24) is 5.32 Å². The van der Waals surface area contributed by atoms with Crippen LogP contribution < -0.4 is 11.1 Å². The molecular formula is C13H28N2O. The molecule has 3 N–H and O–H groups in total. The molecule has 0 fully saturated rings. The van der Waals surface area contributed by atoms with E-state index in [4.69, 9.17) is 5.73 Å². The number of nitrogens with two attached hydrogens (primary N) is 1. The second-order valence-electron chi connectivity index (χ2n) is 6.07. The Kier molecular flexibility index (Phi) is 4.57. The second-order valence-corrected chi connectivity index (χ2v) is 6.07. The lowest BCUT2D eigenvalue weighted by Crippen LogP contribution is -2.59. The normalized spacial score (nSPS) is 13.8. The van der Waals surface area contributed by atoms with E-state index in [9.17, 15) is 4.79 Å². The molecule has 0 aliphatic carbocycles. The molecule has 0 atom stereocenters. The van der Waals surface area contributed by atoms with Crippen LogP contribution >= 0.6 is 0 Å². The van der Waals surface area contributed by atoms with Gasteiger partial charge in [0.15, 0.2) is 0 Å². The first-order chi connectivity index (χ1) is 7.00. The summed E-state index contributed by atoms with van der Waals surface area (Å²) in [7, 11) is 0. The van der Waals surface area contributed by atoms with Crippen LogP contribution in [0.2, 0.25) is 0 Å². The maximum Gasteiger partial charge on any atom is 0.227 e. The fraction of sp³-hybridized carbons (Fsp3) is 0.923. The number of carbonyl (C=O) groups excluding carboxylic acids is 1. The smallest absolute Gasteiger partial charge is 0.227 e. The molecule has 0 rings (SSSR count). The molecule has 3 nitrogen and oxygen atoms in total. The largest absolute Gasteiger partial charge is 0.350 e. The molecule has 1 amide bonds. The van der Waals surface area contributed by atoms with Crippen LogP contribution in [0.5, 0.6) is 0 Å². The van der Waals surface area contributed by atoms with Crippen LogP contribution in [0.4, 0.5) is 0 Å². The van der Waals surface area contributed by atoms with E-state index >= 15 is 0 Å². The first kappa shape index (κ1) is 15.4. The van der Waals surface area contributed by atoms with Crippen LogP contribution in [-0.4, -0.2) is 17.0 Å². The van der Waals surface area contributed by atoms with Crippen LogP contribution in [0.15, 0.2) is 0 Å². The van der Waals surface area contributed by atoms with Crippen molar-refractivity contribution in [1.29, 1.82) is 0 Å². The predicted molar refractivity (Wildman–Crippen MR) is 69.2 cm³/mol. The summed E-state index contributed by atoms with van der Waals surface area (Å²) in [6.07, 6.45) is 1.85. The first-order valence-corrected chi connectivity index (χ1v) is 6.11. The van der Waals surface area contributed by atoms with E-state index in [-0.39, 0.29) is 11.4 Å². The molecule has 0 aromatic rings. The van der Waals surface area contributed by atoms with Crippen LogP contribution in [0.1, 0.15) is 61.3 Å². The molecule has 96 valence electrons. The molecular weight excluding hydrogens is 200 g/mol. The summed E-state index contributed by atoms with van der Waals surface area (Å²) in [5.74, 6) is 0.0335.